The van der Waals surface area contributed by atoms with Gasteiger partial charge in [0.25, 0.3) is 12.3 Å². The number of aromatic nitrogens is 4. The molecule has 0 fully saturated rings. The maximum absolute atomic E-state index is 13.1. The van der Waals surface area contributed by atoms with Crippen molar-refractivity contribution in [1.29, 1.82) is 0 Å². The number of benzene rings is 1. The number of anilines is 1. The third-order valence-electron chi connectivity index (χ3n) is 5.23. The Morgan fingerprint density at radius 2 is 2.00 bits per heavy atom. The van der Waals surface area contributed by atoms with E-state index in [4.69, 9.17) is 15.2 Å². The van der Waals surface area contributed by atoms with Gasteiger partial charge in [0.05, 0.1) is 12.1 Å². The summed E-state index contributed by atoms with van der Waals surface area (Å²) >= 11 is 0. The number of ether oxygens (including phenoxy) is 2. The van der Waals surface area contributed by atoms with Gasteiger partial charge in [-0.1, -0.05) is 0 Å². The molecule has 4 rings (SSSR count). The normalized spacial score (nSPS) is 14.7. The average Bonchev–Trinajstić information content (AvgIpc) is 3.35. The number of aryl methyl sites for hydroxylation is 2. The maximum Gasteiger partial charge on any atom is 0.282 e. The fourth-order valence-corrected chi connectivity index (χ4v) is 3.70. The molecule has 0 saturated carbocycles. The Labute approximate surface area is 187 Å². The summed E-state index contributed by atoms with van der Waals surface area (Å²) in [6.07, 6.45) is -1.50. The predicted molar refractivity (Wildman–Crippen MR) is 115 cm³/mol. The minimum absolute atomic E-state index is 0.0121. The molecule has 12 heteroatoms. The summed E-state index contributed by atoms with van der Waals surface area (Å²) in [5.41, 5.74) is 6.20. The second-order valence-corrected chi connectivity index (χ2v) is 7.49. The van der Waals surface area contributed by atoms with Crippen molar-refractivity contribution < 1.29 is 27.8 Å². The van der Waals surface area contributed by atoms with E-state index in [1.807, 2.05) is 0 Å². The van der Waals surface area contributed by atoms with Gasteiger partial charge in [0.2, 0.25) is 11.9 Å². The number of nitrogens with zero attached hydrogens (tertiary/aromatic N) is 4. The molecule has 0 aliphatic carbocycles. The summed E-state index contributed by atoms with van der Waals surface area (Å²) < 4.78 is 40.6. The van der Waals surface area contributed by atoms with Crippen LogP contribution in [0.25, 0.3) is 11.0 Å². The third-order valence-corrected chi connectivity index (χ3v) is 5.23. The molecule has 3 N–H and O–H groups in total. The Hall–Kier alpha value is -3.54. The van der Waals surface area contributed by atoms with Gasteiger partial charge < -0.3 is 19.8 Å². The van der Waals surface area contributed by atoms with Gasteiger partial charge in [-0.25, -0.2) is 13.8 Å². The lowest BCUT2D eigenvalue weighted by molar-refractivity contribution is 0.0995. The number of hydrogen-bond donors (Lipinski definition) is 2. The number of rotatable bonds is 5. The van der Waals surface area contributed by atoms with E-state index in [2.05, 4.69) is 15.4 Å². The molecule has 0 spiro atoms. The molecular formula is C21H24F2N6O4. The number of primary amides is 1. The van der Waals surface area contributed by atoms with Crippen LogP contribution in [0.5, 0.6) is 5.75 Å². The fraction of sp³-hybridized carbons (Fsp3) is 0.429. The summed E-state index contributed by atoms with van der Waals surface area (Å²) in [4.78, 5) is 29.3. The van der Waals surface area contributed by atoms with Gasteiger partial charge in [-0.05, 0) is 31.5 Å². The summed E-state index contributed by atoms with van der Waals surface area (Å²) in [5.74, 6) is -0.676. The molecule has 1 aromatic carbocycles. The zero-order valence-corrected chi connectivity index (χ0v) is 18.0. The van der Waals surface area contributed by atoms with Gasteiger partial charge in [-0.2, -0.15) is 5.10 Å². The highest BCUT2D eigenvalue weighted by atomic mass is 19.3. The zero-order chi connectivity index (χ0) is 23.5. The quantitative estimate of drug-likeness (QED) is 0.600. The molecule has 3 aromatic rings. The van der Waals surface area contributed by atoms with Crippen molar-refractivity contribution in [2.24, 2.45) is 5.73 Å². The molecule has 1 aliphatic rings. The molecule has 1 aliphatic heterocycles. The number of halogens is 2. The number of carbonyl (C=O) groups excluding carboxylic acids is 2. The second kappa shape index (κ2) is 9.53. The molecule has 0 saturated heterocycles. The first-order chi connectivity index (χ1) is 15.9. The average molecular weight is 462 g/mol. The molecule has 0 bridgehead atoms. The Morgan fingerprint density at radius 3 is 2.73 bits per heavy atom. The fourth-order valence-electron chi connectivity index (χ4n) is 3.70. The number of nitrogens with one attached hydrogen (secondary N) is 1. The Kier molecular flexibility index (Phi) is 6.54. The van der Waals surface area contributed by atoms with Gasteiger partial charge in [-0.3, -0.25) is 19.6 Å². The van der Waals surface area contributed by atoms with E-state index in [0.717, 1.165) is 6.07 Å². The van der Waals surface area contributed by atoms with Crippen LogP contribution < -0.4 is 15.8 Å². The lowest BCUT2D eigenvalue weighted by Crippen LogP contribution is -2.20. The standard InChI is InChI=1S/C21H24F2N6O4/c1-2-29-15(11-14(27-29)18(22)23)20(31)26-21-25-13-9-12(19(24)30)10-16-17(13)28(21)5-3-6-32-7-4-8-33-16/h9-11,18H,2-8H2,1H3,(H2,24,30)(H,25,26,31). The molecule has 3 heterocycles. The summed E-state index contributed by atoms with van der Waals surface area (Å²) in [6.45, 7) is 3.77. The smallest absolute Gasteiger partial charge is 0.282 e. The Bertz CT molecular complexity index is 1190. The van der Waals surface area contributed by atoms with E-state index in [1.54, 1.807) is 17.6 Å². The highest BCUT2D eigenvalue weighted by Gasteiger charge is 2.23. The van der Waals surface area contributed by atoms with Crippen molar-refractivity contribution in [3.05, 3.63) is 35.2 Å². The predicted octanol–water partition coefficient (Wildman–Crippen LogP) is 2.73. The minimum atomic E-state index is -2.80. The van der Waals surface area contributed by atoms with Gasteiger partial charge in [0.1, 0.15) is 22.7 Å². The van der Waals surface area contributed by atoms with Crippen molar-refractivity contribution in [3.8, 4) is 5.75 Å². The molecule has 0 atom stereocenters. The molecule has 10 nitrogen and oxygen atoms in total. The first-order valence-corrected chi connectivity index (χ1v) is 10.6. The number of nitrogens with two attached hydrogens (primary N) is 1. The molecule has 0 radical (unpaired) electrons. The minimum Gasteiger partial charge on any atom is -0.491 e. The topological polar surface area (TPSA) is 126 Å². The second-order valence-electron chi connectivity index (χ2n) is 7.49. The van der Waals surface area contributed by atoms with Crippen LogP contribution in [0.15, 0.2) is 18.2 Å². The van der Waals surface area contributed by atoms with Gasteiger partial charge in [0.15, 0.2) is 0 Å². The monoisotopic (exact) mass is 462 g/mol. The number of hydrogen-bond acceptors (Lipinski definition) is 6. The van der Waals surface area contributed by atoms with E-state index >= 15 is 0 Å². The van der Waals surface area contributed by atoms with Gasteiger partial charge >= 0.3 is 0 Å². The maximum atomic E-state index is 13.1. The summed E-state index contributed by atoms with van der Waals surface area (Å²) in [7, 11) is 0. The van der Waals surface area contributed by atoms with Crippen LogP contribution >= 0.6 is 0 Å². The largest absolute Gasteiger partial charge is 0.491 e. The van der Waals surface area contributed by atoms with Crippen molar-refractivity contribution >= 4 is 28.8 Å². The van der Waals surface area contributed by atoms with Crippen LogP contribution in [0.3, 0.4) is 0 Å². The summed E-state index contributed by atoms with van der Waals surface area (Å²) in [5, 5.41) is 6.48. The van der Waals surface area contributed by atoms with Crippen LogP contribution in [0.1, 0.15) is 52.7 Å². The van der Waals surface area contributed by atoms with Crippen LogP contribution in [0.2, 0.25) is 0 Å². The molecule has 0 unspecified atom stereocenters. The third kappa shape index (κ3) is 4.65. The summed E-state index contributed by atoms with van der Waals surface area (Å²) in [6, 6.07) is 4.14. The number of imidazole rings is 1. The molecule has 2 amide bonds. The van der Waals surface area contributed by atoms with E-state index in [0.29, 0.717) is 56.0 Å². The van der Waals surface area contributed by atoms with Gasteiger partial charge in [0, 0.05) is 38.3 Å². The van der Waals surface area contributed by atoms with Gasteiger partial charge in [-0.15, -0.1) is 0 Å². The first kappa shape index (κ1) is 22.6. The Balaban J connectivity index is 1.78. The van der Waals surface area contributed by atoms with E-state index in [-0.39, 0.29) is 23.8 Å². The SMILES string of the molecule is CCn1nc(C(F)F)cc1C(=O)Nc1nc2cc(C(N)=O)cc3c2n1CCCOCCCO3. The van der Waals surface area contributed by atoms with Crippen molar-refractivity contribution in [2.75, 3.05) is 25.1 Å². The van der Waals surface area contributed by atoms with Crippen LogP contribution in [0, 0.1) is 0 Å². The number of carbonyl (C=O) groups is 2. The number of alkyl halides is 2. The molecular weight excluding hydrogens is 438 g/mol. The molecule has 176 valence electrons. The lowest BCUT2D eigenvalue weighted by Gasteiger charge is -2.12. The highest BCUT2D eigenvalue weighted by Crippen LogP contribution is 2.32. The van der Waals surface area contributed by atoms with Crippen LogP contribution in [0.4, 0.5) is 14.7 Å². The van der Waals surface area contributed by atoms with Crippen molar-refractivity contribution in [3.63, 3.8) is 0 Å². The van der Waals surface area contributed by atoms with E-state index in [1.165, 1.54) is 10.7 Å². The van der Waals surface area contributed by atoms with Crippen molar-refractivity contribution in [2.45, 2.75) is 39.3 Å². The van der Waals surface area contributed by atoms with Crippen molar-refractivity contribution in [1.82, 2.24) is 19.3 Å². The Morgan fingerprint density at radius 1 is 1.21 bits per heavy atom. The zero-order valence-electron chi connectivity index (χ0n) is 18.0. The van der Waals surface area contributed by atoms with Crippen LogP contribution in [-0.2, 0) is 17.8 Å². The van der Waals surface area contributed by atoms with E-state index in [9.17, 15) is 18.4 Å². The van der Waals surface area contributed by atoms with Crippen LogP contribution in [-0.4, -0.2) is 51.0 Å². The first-order valence-electron chi connectivity index (χ1n) is 10.6. The highest BCUT2D eigenvalue weighted by molar-refractivity contribution is 6.04. The van der Waals surface area contributed by atoms with E-state index < -0.39 is 23.9 Å². The molecule has 33 heavy (non-hydrogen) atoms. The molecule has 2 aromatic heterocycles. The lowest BCUT2D eigenvalue weighted by atomic mass is 10.1. The number of amides is 2.